The fourth-order valence-corrected chi connectivity index (χ4v) is 3.83. The molecule has 24 heavy (non-hydrogen) atoms. The number of rotatable bonds is 3. The molecular weight excluding hydrogens is 318 g/mol. The summed E-state index contributed by atoms with van der Waals surface area (Å²) in [5.41, 5.74) is 1.82. The van der Waals surface area contributed by atoms with E-state index in [1.165, 1.54) is 0 Å². The molecule has 1 atom stereocenters. The molecule has 4 rings (SSSR count). The van der Waals surface area contributed by atoms with Gasteiger partial charge >= 0.3 is 0 Å². The van der Waals surface area contributed by atoms with E-state index in [9.17, 15) is 4.79 Å². The molecule has 0 unspecified atom stereocenters. The van der Waals surface area contributed by atoms with E-state index in [2.05, 4.69) is 5.32 Å². The van der Waals surface area contributed by atoms with Crippen LogP contribution >= 0.6 is 11.3 Å². The van der Waals surface area contributed by atoms with E-state index in [4.69, 9.17) is 4.74 Å². The SMILES string of the molecule is C[C@@H](NC(=O)C1c2ccccc2Oc2ccccc21)c1cccs1. The number of ether oxygens (including phenoxy) is 1. The van der Waals surface area contributed by atoms with Crippen molar-refractivity contribution >= 4 is 17.2 Å². The molecule has 4 heteroatoms. The van der Waals surface area contributed by atoms with Gasteiger partial charge in [0.05, 0.1) is 12.0 Å². The van der Waals surface area contributed by atoms with Gasteiger partial charge in [-0.3, -0.25) is 4.79 Å². The summed E-state index contributed by atoms with van der Waals surface area (Å²) in [6.07, 6.45) is 0. The fraction of sp³-hybridized carbons (Fsp3) is 0.150. The summed E-state index contributed by atoms with van der Waals surface area (Å²) in [7, 11) is 0. The summed E-state index contributed by atoms with van der Waals surface area (Å²) in [4.78, 5) is 14.2. The maximum absolute atomic E-state index is 13.1. The Kier molecular flexibility index (Phi) is 3.82. The number of thiophene rings is 1. The molecule has 1 aliphatic heterocycles. The molecule has 1 aliphatic rings. The number of hydrogen-bond donors (Lipinski definition) is 1. The number of carbonyl (C=O) groups excluding carboxylic acids is 1. The third-order valence-corrected chi connectivity index (χ3v) is 5.33. The molecule has 2 aromatic carbocycles. The van der Waals surface area contributed by atoms with Gasteiger partial charge in [0, 0.05) is 16.0 Å². The van der Waals surface area contributed by atoms with Crippen LogP contribution in [0.5, 0.6) is 11.5 Å². The van der Waals surface area contributed by atoms with E-state index in [1.807, 2.05) is 73.0 Å². The van der Waals surface area contributed by atoms with Crippen LogP contribution in [0.2, 0.25) is 0 Å². The lowest BCUT2D eigenvalue weighted by atomic mass is 9.87. The third-order valence-electron chi connectivity index (χ3n) is 4.27. The third kappa shape index (κ3) is 2.59. The molecule has 0 spiro atoms. The quantitative estimate of drug-likeness (QED) is 0.742. The Bertz CT molecular complexity index is 827. The monoisotopic (exact) mass is 335 g/mol. The highest BCUT2D eigenvalue weighted by molar-refractivity contribution is 7.10. The topological polar surface area (TPSA) is 38.3 Å². The molecule has 3 nitrogen and oxygen atoms in total. The number of benzene rings is 2. The molecule has 2 heterocycles. The zero-order valence-electron chi connectivity index (χ0n) is 13.2. The van der Waals surface area contributed by atoms with Crippen molar-refractivity contribution in [2.45, 2.75) is 18.9 Å². The summed E-state index contributed by atoms with van der Waals surface area (Å²) >= 11 is 1.65. The second kappa shape index (κ2) is 6.13. The van der Waals surface area contributed by atoms with Gasteiger partial charge in [0.15, 0.2) is 0 Å². The molecule has 0 aliphatic carbocycles. The molecule has 3 aromatic rings. The van der Waals surface area contributed by atoms with Crippen molar-refractivity contribution in [1.29, 1.82) is 0 Å². The number of hydrogen-bond acceptors (Lipinski definition) is 3. The van der Waals surface area contributed by atoms with Crippen molar-refractivity contribution in [1.82, 2.24) is 5.32 Å². The van der Waals surface area contributed by atoms with Gasteiger partial charge in [0.25, 0.3) is 0 Å². The van der Waals surface area contributed by atoms with Crippen LogP contribution in [0.25, 0.3) is 0 Å². The van der Waals surface area contributed by atoms with Gasteiger partial charge in [-0.25, -0.2) is 0 Å². The van der Waals surface area contributed by atoms with Gasteiger partial charge in [-0.1, -0.05) is 42.5 Å². The lowest BCUT2D eigenvalue weighted by Gasteiger charge is -2.28. The molecule has 1 aromatic heterocycles. The molecule has 1 amide bonds. The van der Waals surface area contributed by atoms with Gasteiger partial charge in [-0.05, 0) is 30.5 Å². The molecular formula is C20H17NO2S. The van der Waals surface area contributed by atoms with Crippen LogP contribution in [0.3, 0.4) is 0 Å². The van der Waals surface area contributed by atoms with E-state index in [1.54, 1.807) is 11.3 Å². The van der Waals surface area contributed by atoms with Gasteiger partial charge in [-0.15, -0.1) is 11.3 Å². The van der Waals surface area contributed by atoms with E-state index < -0.39 is 0 Å². The molecule has 120 valence electrons. The van der Waals surface area contributed by atoms with Gasteiger partial charge < -0.3 is 10.1 Å². The molecule has 0 saturated heterocycles. The molecule has 0 fully saturated rings. The minimum Gasteiger partial charge on any atom is -0.457 e. The molecule has 0 radical (unpaired) electrons. The number of fused-ring (bicyclic) bond motifs is 2. The second-order valence-electron chi connectivity index (χ2n) is 5.86. The van der Waals surface area contributed by atoms with Crippen LogP contribution in [0, 0.1) is 0 Å². The highest BCUT2D eigenvalue weighted by atomic mass is 32.1. The van der Waals surface area contributed by atoms with E-state index in [-0.39, 0.29) is 17.9 Å². The lowest BCUT2D eigenvalue weighted by molar-refractivity contribution is -0.122. The first kappa shape index (κ1) is 15.0. The first-order valence-electron chi connectivity index (χ1n) is 7.93. The van der Waals surface area contributed by atoms with Crippen LogP contribution in [0.15, 0.2) is 66.0 Å². The zero-order chi connectivity index (χ0) is 16.5. The summed E-state index contributed by atoms with van der Waals surface area (Å²) in [6.45, 7) is 2.01. The van der Waals surface area contributed by atoms with E-state index >= 15 is 0 Å². The number of amides is 1. The Labute approximate surface area is 144 Å². The van der Waals surface area contributed by atoms with Crippen LogP contribution < -0.4 is 10.1 Å². The maximum atomic E-state index is 13.1. The first-order valence-corrected chi connectivity index (χ1v) is 8.81. The summed E-state index contributed by atoms with van der Waals surface area (Å²) in [5, 5.41) is 5.17. The van der Waals surface area contributed by atoms with Crippen molar-refractivity contribution < 1.29 is 9.53 Å². The average molecular weight is 335 g/mol. The molecule has 0 saturated carbocycles. The first-order chi connectivity index (χ1) is 11.7. The van der Waals surface area contributed by atoms with Gasteiger partial charge in [0.1, 0.15) is 11.5 Å². The van der Waals surface area contributed by atoms with Crippen molar-refractivity contribution in [3.8, 4) is 11.5 Å². The standard InChI is InChI=1S/C20H17NO2S/c1-13(18-11-6-12-24-18)21-20(22)19-14-7-2-4-9-16(14)23-17-10-5-3-8-15(17)19/h2-13,19H,1H3,(H,21,22)/t13-/m1/s1. The van der Waals surface area contributed by atoms with Crippen molar-refractivity contribution in [2.24, 2.45) is 0 Å². The predicted molar refractivity (Wildman–Crippen MR) is 95.7 cm³/mol. The zero-order valence-corrected chi connectivity index (χ0v) is 14.0. The van der Waals surface area contributed by atoms with Crippen LogP contribution in [0.1, 0.15) is 34.9 Å². The highest BCUT2D eigenvalue weighted by Gasteiger charge is 2.32. The molecule has 0 bridgehead atoms. The Balaban J connectivity index is 1.70. The van der Waals surface area contributed by atoms with Crippen molar-refractivity contribution in [3.63, 3.8) is 0 Å². The van der Waals surface area contributed by atoms with Crippen LogP contribution in [-0.4, -0.2) is 5.91 Å². The minimum atomic E-state index is -0.353. The highest BCUT2D eigenvalue weighted by Crippen LogP contribution is 2.44. The minimum absolute atomic E-state index is 0.000833. The fourth-order valence-electron chi connectivity index (χ4n) is 3.10. The Morgan fingerprint density at radius 2 is 1.62 bits per heavy atom. The Hall–Kier alpha value is -2.59. The smallest absolute Gasteiger partial charge is 0.232 e. The normalized spacial score (nSPS) is 14.2. The largest absolute Gasteiger partial charge is 0.457 e. The number of nitrogens with one attached hydrogen (secondary N) is 1. The molecule has 1 N–H and O–H groups in total. The van der Waals surface area contributed by atoms with Gasteiger partial charge in [0.2, 0.25) is 5.91 Å². The Morgan fingerprint density at radius 3 is 2.21 bits per heavy atom. The maximum Gasteiger partial charge on any atom is 0.232 e. The van der Waals surface area contributed by atoms with Crippen molar-refractivity contribution in [2.75, 3.05) is 0 Å². The Morgan fingerprint density at radius 1 is 1.00 bits per heavy atom. The van der Waals surface area contributed by atoms with Crippen LogP contribution in [0.4, 0.5) is 0 Å². The van der Waals surface area contributed by atoms with Crippen LogP contribution in [-0.2, 0) is 4.79 Å². The summed E-state index contributed by atoms with van der Waals surface area (Å²) < 4.78 is 5.96. The number of para-hydroxylation sites is 2. The number of carbonyl (C=O) groups is 1. The van der Waals surface area contributed by atoms with E-state index in [0.29, 0.717) is 0 Å². The lowest BCUT2D eigenvalue weighted by Crippen LogP contribution is -2.33. The van der Waals surface area contributed by atoms with E-state index in [0.717, 1.165) is 27.5 Å². The second-order valence-corrected chi connectivity index (χ2v) is 6.84. The predicted octanol–water partition coefficient (Wildman–Crippen LogP) is 4.86. The summed E-state index contributed by atoms with van der Waals surface area (Å²) in [5.74, 6) is 1.15. The van der Waals surface area contributed by atoms with Crippen molar-refractivity contribution in [3.05, 3.63) is 82.0 Å². The van der Waals surface area contributed by atoms with Gasteiger partial charge in [-0.2, -0.15) is 0 Å². The average Bonchev–Trinajstić information content (AvgIpc) is 3.14. The summed E-state index contributed by atoms with van der Waals surface area (Å²) in [6, 6.07) is 19.5.